The summed E-state index contributed by atoms with van der Waals surface area (Å²) in [6.07, 6.45) is -4.62. The third-order valence-electron chi connectivity index (χ3n) is 2.15. The molecule has 5 heteroatoms. The maximum absolute atomic E-state index is 11.9. The predicted octanol–water partition coefficient (Wildman–Crippen LogP) is 3.04. The van der Waals surface area contributed by atoms with Gasteiger partial charge in [0.25, 0.3) is 0 Å². The topological polar surface area (TPSA) is 12.5 Å². The molecule has 0 radical (unpaired) electrons. The number of halogens is 3. The van der Waals surface area contributed by atoms with Crippen molar-refractivity contribution < 1.29 is 17.9 Å². The minimum Gasteiger partial charge on any atom is -0.406 e. The first-order valence-corrected chi connectivity index (χ1v) is 4.94. The molecular formula is C11H14F3NO. The van der Waals surface area contributed by atoms with Crippen LogP contribution in [0.5, 0.6) is 5.75 Å². The van der Waals surface area contributed by atoms with Gasteiger partial charge in [-0.3, -0.25) is 0 Å². The van der Waals surface area contributed by atoms with E-state index >= 15 is 0 Å². The van der Waals surface area contributed by atoms with Gasteiger partial charge in [0, 0.05) is 6.54 Å². The zero-order valence-corrected chi connectivity index (χ0v) is 9.21. The van der Waals surface area contributed by atoms with E-state index in [1.54, 1.807) is 12.1 Å². The van der Waals surface area contributed by atoms with E-state index in [4.69, 9.17) is 0 Å². The van der Waals surface area contributed by atoms with Gasteiger partial charge in [-0.25, -0.2) is 0 Å². The maximum atomic E-state index is 11.9. The summed E-state index contributed by atoms with van der Waals surface area (Å²) in [5.74, 6) is -0.185. The molecule has 0 aliphatic rings. The molecular weight excluding hydrogens is 219 g/mol. The van der Waals surface area contributed by atoms with Gasteiger partial charge in [0.05, 0.1) is 0 Å². The molecule has 0 saturated carbocycles. The normalized spacial score (nSPS) is 11.9. The molecule has 0 aliphatic heterocycles. The molecule has 0 unspecified atom stereocenters. The van der Waals surface area contributed by atoms with Crippen LogP contribution < -0.4 is 4.74 Å². The lowest BCUT2D eigenvalue weighted by atomic mass is 10.2. The van der Waals surface area contributed by atoms with Crippen LogP contribution in [0.4, 0.5) is 13.2 Å². The smallest absolute Gasteiger partial charge is 0.406 e. The number of rotatable bonds is 4. The van der Waals surface area contributed by atoms with Crippen LogP contribution in [0.1, 0.15) is 12.5 Å². The zero-order chi connectivity index (χ0) is 12.2. The molecule has 0 saturated heterocycles. The van der Waals surface area contributed by atoms with E-state index in [2.05, 4.69) is 9.64 Å². The highest BCUT2D eigenvalue weighted by atomic mass is 19.4. The first-order valence-electron chi connectivity index (χ1n) is 4.94. The Morgan fingerprint density at radius 1 is 1.19 bits per heavy atom. The minimum atomic E-state index is -4.62. The van der Waals surface area contributed by atoms with Crippen molar-refractivity contribution in [1.29, 1.82) is 0 Å². The van der Waals surface area contributed by atoms with Crippen LogP contribution in [-0.4, -0.2) is 24.9 Å². The van der Waals surface area contributed by atoms with E-state index in [1.807, 2.05) is 14.0 Å². The monoisotopic (exact) mass is 233 g/mol. The number of nitrogens with zero attached hydrogens (tertiary/aromatic N) is 1. The highest BCUT2D eigenvalue weighted by Gasteiger charge is 2.30. The molecule has 1 aromatic rings. The lowest BCUT2D eigenvalue weighted by molar-refractivity contribution is -0.274. The molecule has 0 heterocycles. The first kappa shape index (κ1) is 12.8. The van der Waals surface area contributed by atoms with E-state index in [9.17, 15) is 13.2 Å². The predicted molar refractivity (Wildman–Crippen MR) is 55.1 cm³/mol. The largest absolute Gasteiger partial charge is 0.573 e. The van der Waals surface area contributed by atoms with Crippen LogP contribution in [0.2, 0.25) is 0 Å². The van der Waals surface area contributed by atoms with Gasteiger partial charge in [0.1, 0.15) is 5.75 Å². The fourth-order valence-electron chi connectivity index (χ4n) is 1.22. The molecule has 0 amide bonds. The van der Waals surface area contributed by atoms with Crippen molar-refractivity contribution in [2.75, 3.05) is 13.6 Å². The average Bonchev–Trinajstić information content (AvgIpc) is 2.18. The second-order valence-corrected chi connectivity index (χ2v) is 3.52. The Hall–Kier alpha value is -1.23. The SMILES string of the molecule is CCN(C)Cc1ccc(OC(F)(F)F)cc1. The third kappa shape index (κ3) is 4.53. The molecule has 90 valence electrons. The molecule has 0 bridgehead atoms. The summed E-state index contributed by atoms with van der Waals surface area (Å²) in [5, 5.41) is 0. The second kappa shape index (κ2) is 5.21. The van der Waals surface area contributed by atoms with Crippen molar-refractivity contribution >= 4 is 0 Å². The van der Waals surface area contributed by atoms with Gasteiger partial charge in [0.2, 0.25) is 0 Å². The van der Waals surface area contributed by atoms with Crippen LogP contribution in [-0.2, 0) is 6.54 Å². The number of alkyl halides is 3. The third-order valence-corrected chi connectivity index (χ3v) is 2.15. The summed E-state index contributed by atoms with van der Waals surface area (Å²) in [6.45, 7) is 3.62. The number of hydrogen-bond donors (Lipinski definition) is 0. The van der Waals surface area contributed by atoms with Crippen molar-refractivity contribution in [3.05, 3.63) is 29.8 Å². The van der Waals surface area contributed by atoms with Crippen LogP contribution in [0.3, 0.4) is 0 Å². The molecule has 2 nitrogen and oxygen atoms in total. The number of hydrogen-bond acceptors (Lipinski definition) is 2. The number of benzene rings is 1. The second-order valence-electron chi connectivity index (χ2n) is 3.52. The average molecular weight is 233 g/mol. The lowest BCUT2D eigenvalue weighted by Gasteiger charge is -2.14. The molecule has 0 spiro atoms. The highest BCUT2D eigenvalue weighted by molar-refractivity contribution is 5.27. The van der Waals surface area contributed by atoms with Crippen molar-refractivity contribution in [3.8, 4) is 5.75 Å². The Kier molecular flexibility index (Phi) is 4.18. The molecule has 16 heavy (non-hydrogen) atoms. The summed E-state index contributed by atoms with van der Waals surface area (Å²) in [6, 6.07) is 5.92. The fourth-order valence-corrected chi connectivity index (χ4v) is 1.22. The summed E-state index contributed by atoms with van der Waals surface area (Å²) in [5.41, 5.74) is 0.957. The fraction of sp³-hybridized carbons (Fsp3) is 0.455. The van der Waals surface area contributed by atoms with Crippen LogP contribution >= 0.6 is 0 Å². The van der Waals surface area contributed by atoms with Crippen molar-refractivity contribution in [1.82, 2.24) is 4.90 Å². The van der Waals surface area contributed by atoms with Crippen LogP contribution in [0, 0.1) is 0 Å². The van der Waals surface area contributed by atoms with Gasteiger partial charge < -0.3 is 9.64 Å². The standard InChI is InChI=1S/C11H14F3NO/c1-3-15(2)8-9-4-6-10(7-5-9)16-11(12,13)14/h4-7H,3,8H2,1-2H3. The first-order chi connectivity index (χ1) is 7.40. The lowest BCUT2D eigenvalue weighted by Crippen LogP contribution is -2.18. The summed E-state index contributed by atoms with van der Waals surface area (Å²) >= 11 is 0. The quantitative estimate of drug-likeness (QED) is 0.792. The highest BCUT2D eigenvalue weighted by Crippen LogP contribution is 2.22. The van der Waals surface area contributed by atoms with Gasteiger partial charge in [-0.1, -0.05) is 19.1 Å². The van der Waals surface area contributed by atoms with Gasteiger partial charge in [-0.15, -0.1) is 13.2 Å². The van der Waals surface area contributed by atoms with Crippen molar-refractivity contribution in [2.24, 2.45) is 0 Å². The Bertz CT molecular complexity index is 321. The molecule has 0 N–H and O–H groups in total. The molecule has 1 rings (SSSR count). The molecule has 0 aliphatic carbocycles. The van der Waals surface area contributed by atoms with E-state index in [0.717, 1.165) is 12.1 Å². The van der Waals surface area contributed by atoms with Crippen molar-refractivity contribution in [2.45, 2.75) is 19.8 Å². The zero-order valence-electron chi connectivity index (χ0n) is 9.21. The van der Waals surface area contributed by atoms with Gasteiger partial charge in [-0.05, 0) is 31.3 Å². The van der Waals surface area contributed by atoms with Gasteiger partial charge >= 0.3 is 6.36 Å². The van der Waals surface area contributed by atoms with E-state index in [1.165, 1.54) is 12.1 Å². The Balaban J connectivity index is 2.61. The molecule has 1 aromatic carbocycles. The van der Waals surface area contributed by atoms with Gasteiger partial charge in [0.15, 0.2) is 0 Å². The van der Waals surface area contributed by atoms with E-state index < -0.39 is 6.36 Å². The Morgan fingerprint density at radius 3 is 2.19 bits per heavy atom. The Labute approximate surface area is 92.6 Å². The van der Waals surface area contributed by atoms with Crippen LogP contribution in [0.25, 0.3) is 0 Å². The summed E-state index contributed by atoms with van der Waals surface area (Å²) in [7, 11) is 1.94. The van der Waals surface area contributed by atoms with Crippen LogP contribution in [0.15, 0.2) is 24.3 Å². The summed E-state index contributed by atoms with van der Waals surface area (Å²) in [4.78, 5) is 2.06. The number of ether oxygens (including phenoxy) is 1. The van der Waals surface area contributed by atoms with E-state index in [-0.39, 0.29) is 5.75 Å². The molecule has 0 aromatic heterocycles. The minimum absolute atomic E-state index is 0.185. The summed E-state index contributed by atoms with van der Waals surface area (Å²) < 4.78 is 39.4. The van der Waals surface area contributed by atoms with Crippen molar-refractivity contribution in [3.63, 3.8) is 0 Å². The van der Waals surface area contributed by atoms with E-state index in [0.29, 0.717) is 6.54 Å². The van der Waals surface area contributed by atoms with Gasteiger partial charge in [-0.2, -0.15) is 0 Å². The molecule has 0 fully saturated rings. The molecule has 0 atom stereocenters. The Morgan fingerprint density at radius 2 is 1.75 bits per heavy atom. The maximum Gasteiger partial charge on any atom is 0.573 e.